The fourth-order valence-corrected chi connectivity index (χ4v) is 2.64. The van der Waals surface area contributed by atoms with Crippen molar-refractivity contribution in [1.29, 1.82) is 0 Å². The normalized spacial score (nSPS) is 13.1. The lowest BCUT2D eigenvalue weighted by Gasteiger charge is -2.13. The first-order chi connectivity index (χ1) is 8.65. The predicted octanol–water partition coefficient (Wildman–Crippen LogP) is 4.85. The van der Waals surface area contributed by atoms with E-state index in [1.165, 1.54) is 0 Å². The molecule has 1 aromatic heterocycles. The average Bonchev–Trinajstić information content (AvgIpc) is 2.72. The molecular weight excluding hydrogens is 246 g/mol. The minimum absolute atomic E-state index is 0.297. The van der Waals surface area contributed by atoms with Crippen molar-refractivity contribution < 1.29 is 4.42 Å². The van der Waals surface area contributed by atoms with Crippen molar-refractivity contribution in [1.82, 2.24) is 5.32 Å². The third-order valence-corrected chi connectivity index (χ3v) is 3.38. The summed E-state index contributed by atoms with van der Waals surface area (Å²) in [5.74, 6) is 1.01. The third kappa shape index (κ3) is 2.70. The Morgan fingerprint density at radius 1 is 1.28 bits per heavy atom. The summed E-state index contributed by atoms with van der Waals surface area (Å²) in [7, 11) is 0. The highest BCUT2D eigenvalue weighted by Crippen LogP contribution is 2.30. The zero-order valence-electron chi connectivity index (χ0n) is 11.2. The number of fused-ring (bicyclic) bond motifs is 1. The second-order valence-electron chi connectivity index (χ2n) is 4.69. The van der Waals surface area contributed by atoms with E-state index in [0.717, 1.165) is 46.7 Å². The summed E-state index contributed by atoms with van der Waals surface area (Å²) in [6, 6.07) is 6.31. The zero-order valence-corrected chi connectivity index (χ0v) is 12.0. The summed E-state index contributed by atoms with van der Waals surface area (Å²) in [6.45, 7) is 7.29. The summed E-state index contributed by atoms with van der Waals surface area (Å²) < 4.78 is 6.00. The van der Waals surface area contributed by atoms with Gasteiger partial charge < -0.3 is 9.73 Å². The van der Waals surface area contributed by atoms with Gasteiger partial charge in [-0.05, 0) is 43.7 Å². The largest absolute Gasteiger partial charge is 0.459 e. The first kappa shape index (κ1) is 13.4. The molecule has 0 aliphatic heterocycles. The van der Waals surface area contributed by atoms with Gasteiger partial charge in [0.25, 0.3) is 0 Å². The smallest absolute Gasteiger partial charge is 0.137 e. The van der Waals surface area contributed by atoms with E-state index in [1.807, 2.05) is 19.1 Å². The van der Waals surface area contributed by atoms with Crippen molar-refractivity contribution in [2.45, 2.75) is 39.7 Å². The molecule has 0 saturated heterocycles. The molecule has 2 rings (SSSR count). The number of hydrogen-bond acceptors (Lipinski definition) is 2. The molecule has 1 aromatic carbocycles. The molecule has 1 unspecified atom stereocenters. The van der Waals surface area contributed by atoms with Gasteiger partial charge in [0, 0.05) is 10.4 Å². The fraction of sp³-hybridized carbons (Fsp3) is 0.467. The van der Waals surface area contributed by atoms with Crippen LogP contribution in [-0.2, 0) is 0 Å². The molecule has 0 saturated carbocycles. The molecule has 1 heterocycles. The summed E-state index contributed by atoms with van der Waals surface area (Å²) in [5, 5.41) is 5.33. The molecular formula is C15H20ClNO. The van der Waals surface area contributed by atoms with E-state index in [4.69, 9.17) is 16.0 Å². The fourth-order valence-electron chi connectivity index (χ4n) is 2.35. The lowest BCUT2D eigenvalue weighted by Crippen LogP contribution is -2.20. The molecule has 0 aliphatic rings. The van der Waals surface area contributed by atoms with Crippen LogP contribution >= 0.6 is 11.6 Å². The van der Waals surface area contributed by atoms with E-state index in [-0.39, 0.29) is 0 Å². The summed E-state index contributed by atoms with van der Waals surface area (Å²) in [4.78, 5) is 0. The van der Waals surface area contributed by atoms with E-state index in [1.54, 1.807) is 0 Å². The Morgan fingerprint density at radius 2 is 2.06 bits per heavy atom. The molecule has 98 valence electrons. The molecule has 0 radical (unpaired) electrons. The Morgan fingerprint density at radius 3 is 2.72 bits per heavy atom. The van der Waals surface area contributed by atoms with E-state index in [9.17, 15) is 0 Å². The molecule has 3 heteroatoms. The number of halogens is 1. The second kappa shape index (κ2) is 5.77. The standard InChI is InChI=1S/C15H20ClNO/c1-4-6-13(17-5-2)14-9-11-8-12(16)7-10(3)15(11)18-14/h7-9,13,17H,4-6H2,1-3H3. The molecule has 1 N–H and O–H groups in total. The van der Waals surface area contributed by atoms with E-state index >= 15 is 0 Å². The Hall–Kier alpha value is -0.990. The van der Waals surface area contributed by atoms with E-state index in [2.05, 4.69) is 25.2 Å². The van der Waals surface area contributed by atoms with Crippen molar-refractivity contribution >= 4 is 22.6 Å². The molecule has 0 fully saturated rings. The van der Waals surface area contributed by atoms with Crippen LogP contribution in [0.3, 0.4) is 0 Å². The van der Waals surface area contributed by atoms with Crippen LogP contribution in [0.1, 0.15) is 44.1 Å². The Bertz CT molecular complexity index is 527. The van der Waals surface area contributed by atoms with Crippen molar-refractivity contribution in [3.63, 3.8) is 0 Å². The van der Waals surface area contributed by atoms with Gasteiger partial charge in [0.15, 0.2) is 0 Å². The van der Waals surface area contributed by atoms with Crippen LogP contribution in [0, 0.1) is 6.92 Å². The van der Waals surface area contributed by atoms with Crippen molar-refractivity contribution in [3.05, 3.63) is 34.5 Å². The van der Waals surface area contributed by atoms with Gasteiger partial charge in [-0.15, -0.1) is 0 Å². The SMILES string of the molecule is CCCC(NCC)c1cc2cc(Cl)cc(C)c2o1. The number of aryl methyl sites for hydroxylation is 1. The lowest BCUT2D eigenvalue weighted by molar-refractivity contribution is 0.414. The predicted molar refractivity (Wildman–Crippen MR) is 77.3 cm³/mol. The van der Waals surface area contributed by atoms with Crippen molar-refractivity contribution in [3.8, 4) is 0 Å². The van der Waals surface area contributed by atoms with Crippen LogP contribution in [0.25, 0.3) is 11.0 Å². The number of benzene rings is 1. The van der Waals surface area contributed by atoms with Gasteiger partial charge in [0.1, 0.15) is 11.3 Å². The first-order valence-electron chi connectivity index (χ1n) is 6.58. The minimum atomic E-state index is 0.297. The Balaban J connectivity index is 2.41. The Kier molecular flexibility index (Phi) is 4.31. The molecule has 0 aliphatic carbocycles. The summed E-state index contributed by atoms with van der Waals surface area (Å²) in [5.41, 5.74) is 2.05. The van der Waals surface area contributed by atoms with Crippen LogP contribution in [-0.4, -0.2) is 6.54 Å². The van der Waals surface area contributed by atoms with Crippen LogP contribution < -0.4 is 5.32 Å². The van der Waals surface area contributed by atoms with E-state index < -0.39 is 0 Å². The van der Waals surface area contributed by atoms with Crippen LogP contribution in [0.2, 0.25) is 5.02 Å². The molecule has 1 atom stereocenters. The molecule has 0 amide bonds. The maximum Gasteiger partial charge on any atom is 0.137 e. The summed E-state index contributed by atoms with van der Waals surface area (Å²) >= 11 is 6.08. The van der Waals surface area contributed by atoms with Gasteiger partial charge in [0.05, 0.1) is 6.04 Å². The van der Waals surface area contributed by atoms with Crippen molar-refractivity contribution in [2.75, 3.05) is 6.54 Å². The Labute approximate surface area is 113 Å². The zero-order chi connectivity index (χ0) is 13.1. The maximum atomic E-state index is 6.08. The quantitative estimate of drug-likeness (QED) is 0.836. The topological polar surface area (TPSA) is 25.2 Å². The lowest BCUT2D eigenvalue weighted by atomic mass is 10.1. The van der Waals surface area contributed by atoms with Gasteiger partial charge in [-0.3, -0.25) is 0 Å². The van der Waals surface area contributed by atoms with Gasteiger partial charge >= 0.3 is 0 Å². The number of hydrogen-bond donors (Lipinski definition) is 1. The molecule has 0 bridgehead atoms. The van der Waals surface area contributed by atoms with Crippen LogP contribution in [0.4, 0.5) is 0 Å². The number of furan rings is 1. The maximum absolute atomic E-state index is 6.08. The second-order valence-corrected chi connectivity index (χ2v) is 5.13. The third-order valence-electron chi connectivity index (χ3n) is 3.16. The van der Waals surface area contributed by atoms with Gasteiger partial charge in [-0.25, -0.2) is 0 Å². The highest BCUT2D eigenvalue weighted by molar-refractivity contribution is 6.31. The monoisotopic (exact) mass is 265 g/mol. The van der Waals surface area contributed by atoms with Crippen LogP contribution in [0.15, 0.2) is 22.6 Å². The molecule has 2 nitrogen and oxygen atoms in total. The molecule has 18 heavy (non-hydrogen) atoms. The molecule has 0 spiro atoms. The van der Waals surface area contributed by atoms with Gasteiger partial charge in [-0.1, -0.05) is 31.9 Å². The minimum Gasteiger partial charge on any atom is -0.459 e. The first-order valence-corrected chi connectivity index (χ1v) is 6.96. The van der Waals surface area contributed by atoms with Gasteiger partial charge in [0.2, 0.25) is 0 Å². The number of rotatable bonds is 5. The van der Waals surface area contributed by atoms with Crippen LogP contribution in [0.5, 0.6) is 0 Å². The van der Waals surface area contributed by atoms with Crippen molar-refractivity contribution in [2.24, 2.45) is 0 Å². The van der Waals surface area contributed by atoms with Gasteiger partial charge in [-0.2, -0.15) is 0 Å². The molecule has 2 aromatic rings. The highest BCUT2D eigenvalue weighted by Gasteiger charge is 2.15. The summed E-state index contributed by atoms with van der Waals surface area (Å²) in [6.07, 6.45) is 2.22. The number of nitrogens with one attached hydrogen (secondary N) is 1. The highest BCUT2D eigenvalue weighted by atomic mass is 35.5. The average molecular weight is 266 g/mol. The van der Waals surface area contributed by atoms with E-state index in [0.29, 0.717) is 6.04 Å².